The highest BCUT2D eigenvalue weighted by molar-refractivity contribution is 7.12. The quantitative estimate of drug-likeness (QED) is 0.898. The highest BCUT2D eigenvalue weighted by atomic mass is 35.5. The molecule has 1 saturated carbocycles. The molecular weight excluding hydrogens is 286 g/mol. The lowest BCUT2D eigenvalue weighted by atomic mass is 9.79. The highest BCUT2D eigenvalue weighted by Gasteiger charge is 2.31. The molecular formula is C13H16ClNO3S. The molecule has 0 spiro atoms. The van der Waals surface area contributed by atoms with Gasteiger partial charge in [0.25, 0.3) is 5.91 Å². The minimum atomic E-state index is -0.756. The Morgan fingerprint density at radius 3 is 2.79 bits per heavy atom. The van der Waals surface area contributed by atoms with Crippen LogP contribution in [0.2, 0.25) is 5.02 Å². The van der Waals surface area contributed by atoms with Gasteiger partial charge in [0.2, 0.25) is 0 Å². The van der Waals surface area contributed by atoms with Gasteiger partial charge in [0, 0.05) is 6.54 Å². The number of hydrogen-bond acceptors (Lipinski definition) is 3. The molecule has 1 amide bonds. The number of carbonyl (C=O) groups excluding carboxylic acids is 1. The molecule has 0 aromatic carbocycles. The van der Waals surface area contributed by atoms with E-state index < -0.39 is 5.97 Å². The van der Waals surface area contributed by atoms with E-state index in [0.29, 0.717) is 22.9 Å². The van der Waals surface area contributed by atoms with Gasteiger partial charge in [0.1, 0.15) is 4.88 Å². The van der Waals surface area contributed by atoms with Crippen molar-refractivity contribution in [3.8, 4) is 0 Å². The first-order valence-electron chi connectivity index (χ1n) is 6.33. The molecule has 1 aromatic heterocycles. The number of rotatable bonds is 4. The molecule has 1 heterocycles. The van der Waals surface area contributed by atoms with Gasteiger partial charge in [-0.15, -0.1) is 11.3 Å². The lowest BCUT2D eigenvalue weighted by Crippen LogP contribution is -2.37. The van der Waals surface area contributed by atoms with Crippen LogP contribution in [0.1, 0.15) is 35.4 Å². The minimum Gasteiger partial charge on any atom is -0.481 e. The Labute approximate surface area is 120 Å². The van der Waals surface area contributed by atoms with Gasteiger partial charge < -0.3 is 10.4 Å². The fourth-order valence-electron chi connectivity index (χ4n) is 2.54. The van der Waals surface area contributed by atoms with E-state index in [1.54, 1.807) is 11.4 Å². The number of thiophene rings is 1. The summed E-state index contributed by atoms with van der Waals surface area (Å²) in [6, 6.07) is 1.68. The number of carboxylic acids is 1. The summed E-state index contributed by atoms with van der Waals surface area (Å²) in [5.41, 5.74) is 0. The van der Waals surface area contributed by atoms with Crippen molar-refractivity contribution in [3.05, 3.63) is 21.3 Å². The molecule has 0 radical (unpaired) electrons. The summed E-state index contributed by atoms with van der Waals surface area (Å²) in [5.74, 6) is -1.29. The van der Waals surface area contributed by atoms with Crippen LogP contribution in [0.4, 0.5) is 0 Å². The van der Waals surface area contributed by atoms with Crippen LogP contribution in [0.15, 0.2) is 11.4 Å². The van der Waals surface area contributed by atoms with Crippen LogP contribution in [0.5, 0.6) is 0 Å². The lowest BCUT2D eigenvalue weighted by Gasteiger charge is -2.28. The van der Waals surface area contributed by atoms with Gasteiger partial charge >= 0.3 is 5.97 Å². The molecule has 19 heavy (non-hydrogen) atoms. The first-order valence-corrected chi connectivity index (χ1v) is 7.59. The summed E-state index contributed by atoms with van der Waals surface area (Å²) in [4.78, 5) is 23.6. The molecule has 1 fully saturated rings. The van der Waals surface area contributed by atoms with Gasteiger partial charge in [-0.1, -0.05) is 24.4 Å². The van der Waals surface area contributed by atoms with Crippen LogP contribution in [0.25, 0.3) is 0 Å². The fraction of sp³-hybridized carbons (Fsp3) is 0.538. The van der Waals surface area contributed by atoms with Gasteiger partial charge in [-0.25, -0.2) is 0 Å². The second-order valence-corrected chi connectivity index (χ2v) is 6.12. The van der Waals surface area contributed by atoms with Crippen molar-refractivity contribution in [2.45, 2.75) is 25.7 Å². The number of halogens is 1. The summed E-state index contributed by atoms with van der Waals surface area (Å²) in [7, 11) is 0. The lowest BCUT2D eigenvalue weighted by molar-refractivity contribution is -0.144. The Bertz CT molecular complexity index is 474. The van der Waals surface area contributed by atoms with Gasteiger partial charge in [-0.05, 0) is 30.2 Å². The average Bonchev–Trinajstić information content (AvgIpc) is 2.82. The van der Waals surface area contributed by atoms with Gasteiger partial charge in [-0.2, -0.15) is 0 Å². The molecule has 2 rings (SSSR count). The number of aliphatic carboxylic acids is 1. The molecule has 6 heteroatoms. The number of amides is 1. The third-order valence-corrected chi connectivity index (χ3v) is 4.91. The second-order valence-electron chi connectivity index (χ2n) is 4.80. The van der Waals surface area contributed by atoms with Crippen LogP contribution in [0.3, 0.4) is 0 Å². The standard InChI is InChI=1S/C13H16ClNO3S/c14-10-5-6-19-11(10)12(16)15-7-8-3-1-2-4-9(8)13(17)18/h5-6,8-9H,1-4,7H2,(H,15,16)(H,17,18). The Morgan fingerprint density at radius 2 is 2.16 bits per heavy atom. The molecule has 0 bridgehead atoms. The van der Waals surface area contributed by atoms with Crippen molar-refractivity contribution < 1.29 is 14.7 Å². The van der Waals surface area contributed by atoms with Crippen molar-refractivity contribution in [3.63, 3.8) is 0 Å². The SMILES string of the molecule is O=C(NCC1CCCCC1C(=O)O)c1sccc1Cl. The van der Waals surface area contributed by atoms with Gasteiger partial charge in [-0.3, -0.25) is 9.59 Å². The van der Waals surface area contributed by atoms with Crippen LogP contribution in [-0.4, -0.2) is 23.5 Å². The topological polar surface area (TPSA) is 66.4 Å². The van der Waals surface area contributed by atoms with Gasteiger partial charge in [0.15, 0.2) is 0 Å². The number of carbonyl (C=O) groups is 2. The minimum absolute atomic E-state index is 0.0222. The smallest absolute Gasteiger partial charge is 0.306 e. The largest absolute Gasteiger partial charge is 0.481 e. The summed E-state index contributed by atoms with van der Waals surface area (Å²) >= 11 is 7.18. The zero-order chi connectivity index (χ0) is 13.8. The number of carboxylic acid groups (broad SMARTS) is 1. The molecule has 1 aliphatic rings. The Morgan fingerprint density at radius 1 is 1.42 bits per heavy atom. The predicted octanol–water partition coefficient (Wildman–Crippen LogP) is 3.02. The summed E-state index contributed by atoms with van der Waals surface area (Å²) in [5, 5.41) is 14.2. The number of hydrogen-bond donors (Lipinski definition) is 2. The summed E-state index contributed by atoms with van der Waals surface area (Å²) < 4.78 is 0. The van der Waals surface area contributed by atoms with E-state index >= 15 is 0 Å². The van der Waals surface area contributed by atoms with Crippen molar-refractivity contribution >= 4 is 34.8 Å². The van der Waals surface area contributed by atoms with Crippen LogP contribution >= 0.6 is 22.9 Å². The normalized spacial score (nSPS) is 23.0. The van der Waals surface area contributed by atoms with E-state index in [4.69, 9.17) is 11.6 Å². The maximum absolute atomic E-state index is 11.9. The first-order chi connectivity index (χ1) is 9.09. The monoisotopic (exact) mass is 301 g/mol. The van der Waals surface area contributed by atoms with Crippen LogP contribution in [-0.2, 0) is 4.79 Å². The molecule has 104 valence electrons. The third kappa shape index (κ3) is 3.48. The van der Waals surface area contributed by atoms with E-state index in [1.807, 2.05) is 0 Å². The van der Waals surface area contributed by atoms with E-state index in [0.717, 1.165) is 19.3 Å². The zero-order valence-electron chi connectivity index (χ0n) is 10.4. The Hall–Kier alpha value is -1.07. The zero-order valence-corrected chi connectivity index (χ0v) is 12.0. The molecule has 2 N–H and O–H groups in total. The molecule has 1 aliphatic carbocycles. The third-order valence-electron chi connectivity index (χ3n) is 3.57. The van der Waals surface area contributed by atoms with E-state index in [9.17, 15) is 14.7 Å². The van der Waals surface area contributed by atoms with Crippen molar-refractivity contribution in [2.24, 2.45) is 11.8 Å². The highest BCUT2D eigenvalue weighted by Crippen LogP contribution is 2.30. The molecule has 0 saturated heterocycles. The van der Waals surface area contributed by atoms with Crippen LogP contribution in [0, 0.1) is 11.8 Å². The summed E-state index contributed by atoms with van der Waals surface area (Å²) in [6.07, 6.45) is 3.55. The second kappa shape index (κ2) is 6.39. The van der Waals surface area contributed by atoms with Crippen LogP contribution < -0.4 is 5.32 Å². The maximum Gasteiger partial charge on any atom is 0.306 e. The molecule has 1 aromatic rings. The van der Waals surface area contributed by atoms with E-state index in [2.05, 4.69) is 5.32 Å². The van der Waals surface area contributed by atoms with E-state index in [-0.39, 0.29) is 17.7 Å². The molecule has 0 aliphatic heterocycles. The Balaban J connectivity index is 1.92. The average molecular weight is 302 g/mol. The predicted molar refractivity (Wildman–Crippen MR) is 74.7 cm³/mol. The molecule has 4 nitrogen and oxygen atoms in total. The fourth-order valence-corrected chi connectivity index (χ4v) is 3.59. The van der Waals surface area contributed by atoms with E-state index in [1.165, 1.54) is 11.3 Å². The maximum atomic E-state index is 11.9. The van der Waals surface area contributed by atoms with Crippen molar-refractivity contribution in [1.82, 2.24) is 5.32 Å². The number of nitrogens with one attached hydrogen (secondary N) is 1. The summed E-state index contributed by atoms with van der Waals surface area (Å²) in [6.45, 7) is 0.407. The van der Waals surface area contributed by atoms with Crippen molar-refractivity contribution in [1.29, 1.82) is 0 Å². The van der Waals surface area contributed by atoms with Crippen molar-refractivity contribution in [2.75, 3.05) is 6.54 Å². The Kier molecular flexibility index (Phi) is 4.82. The van der Waals surface area contributed by atoms with Gasteiger partial charge in [0.05, 0.1) is 10.9 Å². The first kappa shape index (κ1) is 14.3. The molecule has 2 atom stereocenters. The molecule has 2 unspecified atom stereocenters.